The fourth-order valence-electron chi connectivity index (χ4n) is 1.42. The van der Waals surface area contributed by atoms with Crippen LogP contribution in [0.3, 0.4) is 0 Å². The molecule has 0 saturated heterocycles. The zero-order valence-corrected chi connectivity index (χ0v) is 9.53. The van der Waals surface area contributed by atoms with E-state index in [2.05, 4.69) is 22.0 Å². The second kappa shape index (κ2) is 4.29. The predicted molar refractivity (Wildman–Crippen MR) is 64.3 cm³/mol. The van der Waals surface area contributed by atoms with E-state index in [4.69, 9.17) is 5.26 Å². The molecular formula is C13H8BrN. The monoisotopic (exact) mass is 257 g/mol. The van der Waals surface area contributed by atoms with E-state index in [1.165, 1.54) is 0 Å². The molecule has 2 heteroatoms. The zero-order chi connectivity index (χ0) is 10.7. The van der Waals surface area contributed by atoms with Crippen molar-refractivity contribution in [2.24, 2.45) is 0 Å². The van der Waals surface area contributed by atoms with Crippen LogP contribution < -0.4 is 0 Å². The highest BCUT2D eigenvalue weighted by Gasteiger charge is 2.01. The van der Waals surface area contributed by atoms with Crippen LogP contribution >= 0.6 is 15.9 Å². The molecule has 1 nitrogen and oxygen atoms in total. The lowest BCUT2D eigenvalue weighted by Crippen LogP contribution is -1.80. The summed E-state index contributed by atoms with van der Waals surface area (Å²) >= 11 is 3.38. The van der Waals surface area contributed by atoms with Crippen molar-refractivity contribution in [3.8, 4) is 17.2 Å². The smallest absolute Gasteiger partial charge is 0.100 e. The van der Waals surface area contributed by atoms with Gasteiger partial charge in [0, 0.05) is 4.47 Å². The van der Waals surface area contributed by atoms with Gasteiger partial charge < -0.3 is 0 Å². The Hall–Kier alpha value is -1.59. The van der Waals surface area contributed by atoms with Crippen LogP contribution in [0.4, 0.5) is 0 Å². The van der Waals surface area contributed by atoms with Crippen molar-refractivity contribution in [2.75, 3.05) is 0 Å². The highest BCUT2D eigenvalue weighted by atomic mass is 79.9. The van der Waals surface area contributed by atoms with Gasteiger partial charge in [0.15, 0.2) is 0 Å². The lowest BCUT2D eigenvalue weighted by molar-refractivity contribution is 1.46. The molecule has 15 heavy (non-hydrogen) atoms. The molecule has 0 N–H and O–H groups in total. The molecule has 0 heterocycles. The van der Waals surface area contributed by atoms with Crippen molar-refractivity contribution in [3.05, 3.63) is 58.6 Å². The Balaban J connectivity index is 2.49. The molecule has 0 aliphatic heterocycles. The fourth-order valence-corrected chi connectivity index (χ4v) is 1.88. The molecular weight excluding hydrogens is 250 g/mol. The van der Waals surface area contributed by atoms with Crippen LogP contribution in [0, 0.1) is 11.3 Å². The standard InChI is InChI=1S/C13H8BrN/c14-13-8-11(6-7-12(13)9-15)10-4-2-1-3-5-10/h1-8H. The van der Waals surface area contributed by atoms with Crippen LogP contribution in [-0.2, 0) is 0 Å². The average Bonchev–Trinajstić information content (AvgIpc) is 2.30. The molecule has 0 aliphatic carbocycles. The Morgan fingerprint density at radius 1 is 0.933 bits per heavy atom. The third-order valence-electron chi connectivity index (χ3n) is 2.20. The Morgan fingerprint density at radius 2 is 1.67 bits per heavy atom. The van der Waals surface area contributed by atoms with E-state index in [0.29, 0.717) is 5.56 Å². The summed E-state index contributed by atoms with van der Waals surface area (Å²) in [6.07, 6.45) is 0. The normalized spacial score (nSPS) is 9.60. The molecule has 2 aromatic rings. The molecule has 2 aromatic carbocycles. The van der Waals surface area contributed by atoms with Crippen molar-refractivity contribution in [1.29, 1.82) is 5.26 Å². The Morgan fingerprint density at radius 3 is 2.27 bits per heavy atom. The van der Waals surface area contributed by atoms with Gasteiger partial charge in [0.2, 0.25) is 0 Å². The molecule has 0 fully saturated rings. The molecule has 0 saturated carbocycles. The van der Waals surface area contributed by atoms with E-state index >= 15 is 0 Å². The SMILES string of the molecule is N#Cc1ccc(-c2ccccc2)cc1Br. The van der Waals surface area contributed by atoms with Crippen molar-refractivity contribution in [3.63, 3.8) is 0 Å². The van der Waals surface area contributed by atoms with E-state index in [0.717, 1.165) is 15.6 Å². The zero-order valence-electron chi connectivity index (χ0n) is 7.94. The highest BCUT2D eigenvalue weighted by molar-refractivity contribution is 9.10. The minimum atomic E-state index is 0.662. The first-order valence-corrected chi connectivity index (χ1v) is 5.35. The van der Waals surface area contributed by atoms with Gasteiger partial charge in [0.05, 0.1) is 5.56 Å². The van der Waals surface area contributed by atoms with Gasteiger partial charge in [0.25, 0.3) is 0 Å². The third-order valence-corrected chi connectivity index (χ3v) is 2.85. The van der Waals surface area contributed by atoms with Gasteiger partial charge in [0.1, 0.15) is 6.07 Å². The summed E-state index contributed by atoms with van der Waals surface area (Å²) in [6.45, 7) is 0. The van der Waals surface area contributed by atoms with E-state index in [1.807, 2.05) is 48.5 Å². The maximum atomic E-state index is 8.80. The number of hydrogen-bond acceptors (Lipinski definition) is 1. The number of rotatable bonds is 1. The van der Waals surface area contributed by atoms with Crippen LogP contribution in [0.1, 0.15) is 5.56 Å². The maximum Gasteiger partial charge on any atom is 0.100 e. The second-order valence-corrected chi connectivity index (χ2v) is 4.03. The van der Waals surface area contributed by atoms with E-state index in [9.17, 15) is 0 Å². The van der Waals surface area contributed by atoms with Crippen LogP contribution in [0.2, 0.25) is 0 Å². The summed E-state index contributed by atoms with van der Waals surface area (Å²) in [7, 11) is 0. The number of nitrogens with zero attached hydrogens (tertiary/aromatic N) is 1. The summed E-state index contributed by atoms with van der Waals surface area (Å²) in [4.78, 5) is 0. The molecule has 72 valence electrons. The van der Waals surface area contributed by atoms with Gasteiger partial charge in [-0.3, -0.25) is 0 Å². The highest BCUT2D eigenvalue weighted by Crippen LogP contribution is 2.25. The van der Waals surface area contributed by atoms with Crippen LogP contribution in [0.15, 0.2) is 53.0 Å². The van der Waals surface area contributed by atoms with Crippen LogP contribution in [-0.4, -0.2) is 0 Å². The lowest BCUT2D eigenvalue weighted by Gasteiger charge is -2.02. The number of hydrogen-bond donors (Lipinski definition) is 0. The van der Waals surface area contributed by atoms with Crippen LogP contribution in [0.25, 0.3) is 11.1 Å². The maximum absolute atomic E-state index is 8.80. The first-order chi connectivity index (χ1) is 7.31. The summed E-state index contributed by atoms with van der Waals surface area (Å²) in [6, 6.07) is 18.0. The first kappa shape index (κ1) is 9.95. The molecule has 0 spiro atoms. The van der Waals surface area contributed by atoms with Gasteiger partial charge >= 0.3 is 0 Å². The van der Waals surface area contributed by atoms with Crippen molar-refractivity contribution >= 4 is 15.9 Å². The van der Waals surface area contributed by atoms with E-state index in [-0.39, 0.29) is 0 Å². The van der Waals surface area contributed by atoms with Crippen molar-refractivity contribution in [2.45, 2.75) is 0 Å². The minimum Gasteiger partial charge on any atom is -0.192 e. The van der Waals surface area contributed by atoms with Gasteiger partial charge in [-0.2, -0.15) is 5.26 Å². The summed E-state index contributed by atoms with van der Waals surface area (Å²) in [5.41, 5.74) is 2.93. The topological polar surface area (TPSA) is 23.8 Å². The van der Waals surface area contributed by atoms with Gasteiger partial charge in [-0.25, -0.2) is 0 Å². The summed E-state index contributed by atoms with van der Waals surface area (Å²) < 4.78 is 0.839. The number of benzene rings is 2. The van der Waals surface area contributed by atoms with Gasteiger partial charge in [-0.05, 0) is 39.2 Å². The van der Waals surface area contributed by atoms with Crippen LogP contribution in [0.5, 0.6) is 0 Å². The Labute approximate surface area is 97.1 Å². The quantitative estimate of drug-likeness (QED) is 0.758. The van der Waals surface area contributed by atoms with E-state index in [1.54, 1.807) is 0 Å². The molecule has 0 aromatic heterocycles. The van der Waals surface area contributed by atoms with Crippen molar-refractivity contribution < 1.29 is 0 Å². The fraction of sp³-hybridized carbons (Fsp3) is 0. The number of halogens is 1. The Kier molecular flexibility index (Phi) is 2.84. The second-order valence-electron chi connectivity index (χ2n) is 3.17. The molecule has 0 aliphatic rings. The summed E-state index contributed by atoms with van der Waals surface area (Å²) in [5.74, 6) is 0. The predicted octanol–water partition coefficient (Wildman–Crippen LogP) is 3.99. The van der Waals surface area contributed by atoms with Gasteiger partial charge in [-0.15, -0.1) is 0 Å². The largest absolute Gasteiger partial charge is 0.192 e. The molecule has 0 amide bonds. The summed E-state index contributed by atoms with van der Waals surface area (Å²) in [5, 5.41) is 8.80. The molecule has 0 atom stereocenters. The minimum absolute atomic E-state index is 0.662. The average molecular weight is 258 g/mol. The third kappa shape index (κ3) is 2.08. The van der Waals surface area contributed by atoms with E-state index < -0.39 is 0 Å². The lowest BCUT2D eigenvalue weighted by atomic mass is 10.0. The molecule has 0 bridgehead atoms. The van der Waals surface area contributed by atoms with Crippen molar-refractivity contribution in [1.82, 2.24) is 0 Å². The number of nitriles is 1. The Bertz CT molecular complexity index is 512. The molecule has 0 radical (unpaired) electrons. The first-order valence-electron chi connectivity index (χ1n) is 4.56. The molecule has 2 rings (SSSR count). The molecule has 0 unspecified atom stereocenters. The van der Waals surface area contributed by atoms with Gasteiger partial charge in [-0.1, -0.05) is 36.4 Å².